The molecule has 0 unspecified atom stereocenters. The monoisotopic (exact) mass is 264 g/mol. The molecular formula is C13H10F2N2O2. The highest BCUT2D eigenvalue weighted by Crippen LogP contribution is 2.35. The third kappa shape index (κ3) is 2.37. The van der Waals surface area contributed by atoms with Crippen LogP contribution in [-0.2, 0) is 0 Å². The van der Waals surface area contributed by atoms with Crippen LogP contribution in [0.4, 0.5) is 25.8 Å². The molecule has 0 saturated heterocycles. The van der Waals surface area contributed by atoms with Gasteiger partial charge >= 0.3 is 5.69 Å². The average Bonchev–Trinajstić information content (AvgIpc) is 2.37. The summed E-state index contributed by atoms with van der Waals surface area (Å²) in [7, 11) is 1.44. The van der Waals surface area contributed by atoms with E-state index >= 15 is 0 Å². The Bertz CT molecular complexity index is 632. The van der Waals surface area contributed by atoms with E-state index in [4.69, 9.17) is 0 Å². The van der Waals surface area contributed by atoms with Crippen molar-refractivity contribution in [2.24, 2.45) is 0 Å². The van der Waals surface area contributed by atoms with E-state index in [0.29, 0.717) is 0 Å². The van der Waals surface area contributed by atoms with Crippen LogP contribution in [0.5, 0.6) is 0 Å². The Kier molecular flexibility index (Phi) is 3.41. The number of nitro benzene ring substituents is 1. The number of nitro groups is 1. The number of anilines is 2. The molecule has 2 rings (SSSR count). The number of hydrogen-bond donors (Lipinski definition) is 0. The number of benzene rings is 2. The fourth-order valence-corrected chi connectivity index (χ4v) is 1.81. The Morgan fingerprint density at radius 3 is 2.21 bits per heavy atom. The minimum atomic E-state index is -0.953. The molecule has 4 nitrogen and oxygen atoms in total. The lowest BCUT2D eigenvalue weighted by Gasteiger charge is -2.19. The van der Waals surface area contributed by atoms with Crippen LogP contribution in [0.2, 0.25) is 0 Å². The van der Waals surface area contributed by atoms with Gasteiger partial charge in [-0.3, -0.25) is 10.1 Å². The average molecular weight is 264 g/mol. The Morgan fingerprint density at radius 2 is 1.58 bits per heavy atom. The van der Waals surface area contributed by atoms with Crippen molar-refractivity contribution in [3.8, 4) is 0 Å². The molecule has 0 N–H and O–H groups in total. The smallest absolute Gasteiger partial charge is 0.328 e. The fraction of sp³-hybridized carbons (Fsp3) is 0.0769. The standard InChI is InChI=1S/C13H10F2N2O2/c1-16(11-7-3-2-5-9(11)14)12-8-4-6-10(15)13(12)17(18)19/h2-8H,1H3. The predicted octanol–water partition coefficient (Wildman–Crippen LogP) is 3.64. The van der Waals surface area contributed by atoms with Gasteiger partial charge in [0.1, 0.15) is 11.5 Å². The van der Waals surface area contributed by atoms with E-state index in [1.165, 1.54) is 42.3 Å². The van der Waals surface area contributed by atoms with E-state index in [9.17, 15) is 18.9 Å². The summed E-state index contributed by atoms with van der Waals surface area (Å²) >= 11 is 0. The van der Waals surface area contributed by atoms with Crippen LogP contribution in [0, 0.1) is 21.7 Å². The summed E-state index contributed by atoms with van der Waals surface area (Å²) in [6.07, 6.45) is 0. The van der Waals surface area contributed by atoms with Crippen LogP contribution in [0.15, 0.2) is 42.5 Å². The van der Waals surface area contributed by atoms with Crippen LogP contribution >= 0.6 is 0 Å². The first kappa shape index (κ1) is 12.9. The summed E-state index contributed by atoms with van der Waals surface area (Å²) in [5.74, 6) is -1.49. The maximum Gasteiger partial charge on any atom is 0.328 e. The Hall–Kier alpha value is -2.50. The van der Waals surface area contributed by atoms with Crippen molar-refractivity contribution in [1.29, 1.82) is 0 Å². The predicted molar refractivity (Wildman–Crippen MR) is 67.5 cm³/mol. The number of para-hydroxylation sites is 2. The second-order valence-electron chi connectivity index (χ2n) is 3.88. The molecule has 6 heteroatoms. The van der Waals surface area contributed by atoms with Crippen molar-refractivity contribution in [2.75, 3.05) is 11.9 Å². The van der Waals surface area contributed by atoms with Gasteiger partial charge in [-0.25, -0.2) is 4.39 Å². The zero-order chi connectivity index (χ0) is 14.0. The molecule has 0 fully saturated rings. The van der Waals surface area contributed by atoms with Crippen molar-refractivity contribution < 1.29 is 13.7 Å². The van der Waals surface area contributed by atoms with E-state index in [0.717, 1.165) is 6.07 Å². The van der Waals surface area contributed by atoms with Gasteiger partial charge in [0, 0.05) is 7.05 Å². The third-order valence-electron chi connectivity index (χ3n) is 2.72. The summed E-state index contributed by atoms with van der Waals surface area (Å²) in [4.78, 5) is 11.3. The summed E-state index contributed by atoms with van der Waals surface area (Å²) < 4.78 is 27.2. The molecule has 0 heterocycles. The number of nitrogens with zero attached hydrogens (tertiary/aromatic N) is 2. The van der Waals surface area contributed by atoms with Crippen LogP contribution in [0.1, 0.15) is 0 Å². The van der Waals surface area contributed by atoms with Gasteiger partial charge in [0.05, 0.1) is 10.6 Å². The fourth-order valence-electron chi connectivity index (χ4n) is 1.81. The second-order valence-corrected chi connectivity index (χ2v) is 3.88. The van der Waals surface area contributed by atoms with Gasteiger partial charge in [-0.2, -0.15) is 4.39 Å². The van der Waals surface area contributed by atoms with Crippen LogP contribution in [0.3, 0.4) is 0 Å². The van der Waals surface area contributed by atoms with Crippen molar-refractivity contribution in [3.05, 3.63) is 64.2 Å². The van der Waals surface area contributed by atoms with E-state index in [1.54, 1.807) is 6.07 Å². The highest BCUT2D eigenvalue weighted by atomic mass is 19.1. The molecular weight excluding hydrogens is 254 g/mol. The maximum atomic E-state index is 13.7. The maximum absolute atomic E-state index is 13.7. The lowest BCUT2D eigenvalue weighted by atomic mass is 10.2. The molecule has 2 aromatic carbocycles. The molecule has 0 aliphatic heterocycles. The molecule has 0 aromatic heterocycles. The Labute approximate surface area is 108 Å². The van der Waals surface area contributed by atoms with E-state index in [1.807, 2.05) is 0 Å². The molecule has 0 saturated carbocycles. The van der Waals surface area contributed by atoms with Gasteiger partial charge < -0.3 is 4.90 Å². The Balaban J connectivity index is 2.57. The summed E-state index contributed by atoms with van der Waals surface area (Å²) in [6.45, 7) is 0. The van der Waals surface area contributed by atoms with Crippen LogP contribution in [-0.4, -0.2) is 12.0 Å². The molecule has 0 aliphatic rings. The van der Waals surface area contributed by atoms with Crippen molar-refractivity contribution in [3.63, 3.8) is 0 Å². The molecule has 0 atom stereocenters. The SMILES string of the molecule is CN(c1ccccc1F)c1cccc(F)c1[N+](=O)[O-]. The summed E-state index contributed by atoms with van der Waals surface area (Å²) in [5.41, 5.74) is -0.542. The van der Waals surface area contributed by atoms with E-state index < -0.39 is 22.2 Å². The largest absolute Gasteiger partial charge is 0.337 e. The molecule has 0 aliphatic carbocycles. The molecule has 0 amide bonds. The number of rotatable bonds is 3. The molecule has 0 spiro atoms. The Morgan fingerprint density at radius 1 is 1.00 bits per heavy atom. The summed E-state index contributed by atoms with van der Waals surface area (Å²) in [6, 6.07) is 9.51. The van der Waals surface area contributed by atoms with Gasteiger partial charge in [-0.05, 0) is 24.3 Å². The van der Waals surface area contributed by atoms with Crippen molar-refractivity contribution >= 4 is 17.1 Å². The van der Waals surface area contributed by atoms with E-state index in [2.05, 4.69) is 0 Å². The van der Waals surface area contributed by atoms with Gasteiger partial charge in [0.25, 0.3) is 0 Å². The number of halogens is 2. The molecule has 98 valence electrons. The van der Waals surface area contributed by atoms with Crippen LogP contribution in [0.25, 0.3) is 0 Å². The lowest BCUT2D eigenvalue weighted by molar-refractivity contribution is -0.386. The first-order chi connectivity index (χ1) is 9.02. The third-order valence-corrected chi connectivity index (χ3v) is 2.72. The van der Waals surface area contributed by atoms with Crippen LogP contribution < -0.4 is 4.90 Å². The number of hydrogen-bond acceptors (Lipinski definition) is 3. The van der Waals surface area contributed by atoms with Gasteiger partial charge in [0.2, 0.25) is 5.82 Å². The molecule has 2 aromatic rings. The zero-order valence-corrected chi connectivity index (χ0v) is 10.0. The quantitative estimate of drug-likeness (QED) is 0.628. The highest BCUT2D eigenvalue weighted by Gasteiger charge is 2.24. The molecule has 19 heavy (non-hydrogen) atoms. The second kappa shape index (κ2) is 5.01. The normalized spacial score (nSPS) is 10.3. The minimum Gasteiger partial charge on any atom is -0.337 e. The first-order valence-electron chi connectivity index (χ1n) is 5.43. The minimum absolute atomic E-state index is 0.00454. The van der Waals surface area contributed by atoms with Crippen molar-refractivity contribution in [1.82, 2.24) is 0 Å². The lowest BCUT2D eigenvalue weighted by Crippen LogP contribution is -2.13. The first-order valence-corrected chi connectivity index (χ1v) is 5.43. The van der Waals surface area contributed by atoms with Gasteiger partial charge in [0.15, 0.2) is 0 Å². The summed E-state index contributed by atoms with van der Waals surface area (Å²) in [5, 5.41) is 10.9. The highest BCUT2D eigenvalue weighted by molar-refractivity contribution is 5.72. The van der Waals surface area contributed by atoms with Gasteiger partial charge in [-0.15, -0.1) is 0 Å². The van der Waals surface area contributed by atoms with E-state index in [-0.39, 0.29) is 11.4 Å². The topological polar surface area (TPSA) is 46.4 Å². The zero-order valence-electron chi connectivity index (χ0n) is 10.0. The molecule has 0 bridgehead atoms. The van der Waals surface area contributed by atoms with Crippen molar-refractivity contribution in [2.45, 2.75) is 0 Å². The van der Waals surface area contributed by atoms with Gasteiger partial charge in [-0.1, -0.05) is 18.2 Å². The molecule has 0 radical (unpaired) electrons.